The summed E-state index contributed by atoms with van der Waals surface area (Å²) < 4.78 is 33.5. The lowest BCUT2D eigenvalue weighted by Gasteiger charge is -2.50. The Morgan fingerprint density at radius 1 is 1.56 bits per heavy atom. The van der Waals surface area contributed by atoms with Gasteiger partial charge in [-0.15, -0.1) is 11.3 Å². The van der Waals surface area contributed by atoms with Gasteiger partial charge in [0.05, 0.1) is 6.10 Å². The summed E-state index contributed by atoms with van der Waals surface area (Å²) in [7, 11) is -1.78. The van der Waals surface area contributed by atoms with Crippen molar-refractivity contribution in [1.82, 2.24) is 4.72 Å². The first-order valence-electron chi connectivity index (χ1n) is 5.57. The van der Waals surface area contributed by atoms with Crippen molar-refractivity contribution in [3.63, 3.8) is 0 Å². The molecule has 0 amide bonds. The lowest BCUT2D eigenvalue weighted by Crippen LogP contribution is -2.61. The summed E-state index contributed by atoms with van der Waals surface area (Å²) in [5, 5.41) is 1.75. The van der Waals surface area contributed by atoms with Crippen LogP contribution in [0.1, 0.15) is 20.3 Å². The summed E-state index contributed by atoms with van der Waals surface area (Å²) in [6, 6.07) is 1.66. The average molecular weight is 354 g/mol. The first-order chi connectivity index (χ1) is 8.29. The molecule has 1 saturated carbocycles. The SMILES string of the molecule is COC1CC(NS(=O)(=O)c2sccc2Br)C1(C)C. The highest BCUT2D eigenvalue weighted by molar-refractivity contribution is 9.10. The molecule has 0 spiro atoms. The number of hydrogen-bond donors (Lipinski definition) is 1. The van der Waals surface area contributed by atoms with Crippen LogP contribution in [0.5, 0.6) is 0 Å². The van der Waals surface area contributed by atoms with E-state index in [0.717, 1.165) is 0 Å². The van der Waals surface area contributed by atoms with Gasteiger partial charge in [-0.05, 0) is 33.8 Å². The third-order valence-corrected chi connectivity index (χ3v) is 7.73. The lowest BCUT2D eigenvalue weighted by atomic mass is 9.65. The number of nitrogens with one attached hydrogen (secondary N) is 1. The zero-order valence-electron chi connectivity index (χ0n) is 10.4. The molecule has 2 rings (SSSR count). The number of ether oxygens (including phenoxy) is 1. The fourth-order valence-corrected chi connectivity index (χ4v) is 5.96. The van der Waals surface area contributed by atoms with E-state index in [1.807, 2.05) is 13.8 Å². The Morgan fingerprint density at radius 3 is 2.67 bits per heavy atom. The van der Waals surface area contributed by atoms with Gasteiger partial charge in [0.1, 0.15) is 4.21 Å². The molecule has 1 aliphatic carbocycles. The Bertz CT molecular complexity index is 538. The zero-order chi connectivity index (χ0) is 13.6. The molecule has 1 aromatic rings. The predicted octanol–water partition coefficient (Wildman–Crippen LogP) is 2.60. The van der Waals surface area contributed by atoms with Crippen LogP contribution in [-0.2, 0) is 14.8 Å². The summed E-state index contributed by atoms with van der Waals surface area (Å²) in [5.41, 5.74) is -0.175. The van der Waals surface area contributed by atoms with Crippen LogP contribution >= 0.6 is 27.3 Å². The molecule has 4 nitrogen and oxygen atoms in total. The standard InChI is InChI=1S/C11H16BrNO3S2/c1-11(2)8(6-9(11)16-3)13-18(14,15)10-7(12)4-5-17-10/h4-5,8-9,13H,6H2,1-3H3. The molecule has 1 aromatic heterocycles. The van der Waals surface area contributed by atoms with Crippen molar-refractivity contribution in [2.45, 2.75) is 36.6 Å². The van der Waals surface area contributed by atoms with Crippen molar-refractivity contribution in [3.8, 4) is 0 Å². The molecular weight excluding hydrogens is 338 g/mol. The van der Waals surface area contributed by atoms with Crippen LogP contribution in [0.25, 0.3) is 0 Å². The van der Waals surface area contributed by atoms with E-state index in [2.05, 4.69) is 20.7 Å². The van der Waals surface area contributed by atoms with Crippen molar-refractivity contribution in [3.05, 3.63) is 15.9 Å². The second-order valence-corrected chi connectivity index (χ2v) is 8.69. The molecule has 0 saturated heterocycles. The lowest BCUT2D eigenvalue weighted by molar-refractivity contribution is -0.0908. The molecule has 2 unspecified atom stereocenters. The normalized spacial score (nSPS) is 26.9. The monoisotopic (exact) mass is 353 g/mol. The number of thiophene rings is 1. The molecule has 0 radical (unpaired) electrons. The first-order valence-corrected chi connectivity index (χ1v) is 8.72. The number of halogens is 1. The van der Waals surface area contributed by atoms with E-state index in [1.54, 1.807) is 18.6 Å². The van der Waals surface area contributed by atoms with Crippen molar-refractivity contribution in [2.75, 3.05) is 7.11 Å². The number of methoxy groups -OCH3 is 1. The Morgan fingerprint density at radius 2 is 2.22 bits per heavy atom. The predicted molar refractivity (Wildman–Crippen MR) is 75.3 cm³/mol. The molecule has 18 heavy (non-hydrogen) atoms. The van der Waals surface area contributed by atoms with Crippen molar-refractivity contribution < 1.29 is 13.2 Å². The zero-order valence-corrected chi connectivity index (χ0v) is 13.7. The van der Waals surface area contributed by atoms with Gasteiger partial charge < -0.3 is 4.74 Å². The minimum atomic E-state index is -3.44. The van der Waals surface area contributed by atoms with E-state index in [1.165, 1.54) is 11.3 Å². The number of rotatable bonds is 4. The molecule has 7 heteroatoms. The van der Waals surface area contributed by atoms with Gasteiger partial charge in [0.25, 0.3) is 10.0 Å². The minimum Gasteiger partial charge on any atom is -0.381 e. The van der Waals surface area contributed by atoms with Crippen LogP contribution in [0.3, 0.4) is 0 Å². The fourth-order valence-electron chi connectivity index (χ4n) is 2.20. The molecule has 1 heterocycles. The van der Waals surface area contributed by atoms with Gasteiger partial charge in [-0.2, -0.15) is 0 Å². The van der Waals surface area contributed by atoms with Gasteiger partial charge in [-0.25, -0.2) is 13.1 Å². The molecule has 0 aliphatic heterocycles. The topological polar surface area (TPSA) is 55.4 Å². The summed E-state index contributed by atoms with van der Waals surface area (Å²) >= 11 is 4.46. The Balaban J connectivity index is 2.14. The largest absolute Gasteiger partial charge is 0.381 e. The van der Waals surface area contributed by atoms with Crippen LogP contribution in [-0.4, -0.2) is 27.7 Å². The molecule has 1 fully saturated rings. The highest BCUT2D eigenvalue weighted by Gasteiger charge is 2.50. The van der Waals surface area contributed by atoms with Crippen LogP contribution < -0.4 is 4.72 Å². The van der Waals surface area contributed by atoms with Gasteiger partial charge in [0.15, 0.2) is 0 Å². The first kappa shape index (κ1) is 14.5. The highest BCUT2D eigenvalue weighted by atomic mass is 79.9. The third-order valence-electron chi connectivity index (χ3n) is 3.59. The van der Waals surface area contributed by atoms with Crippen molar-refractivity contribution >= 4 is 37.3 Å². The second kappa shape index (κ2) is 4.86. The fraction of sp³-hybridized carbons (Fsp3) is 0.636. The number of sulfonamides is 1. The third kappa shape index (κ3) is 2.38. The van der Waals surface area contributed by atoms with E-state index < -0.39 is 10.0 Å². The highest BCUT2D eigenvalue weighted by Crippen LogP contribution is 2.43. The van der Waals surface area contributed by atoms with Crippen molar-refractivity contribution in [1.29, 1.82) is 0 Å². The van der Waals surface area contributed by atoms with E-state index in [0.29, 0.717) is 15.1 Å². The molecular formula is C11H16BrNO3S2. The summed E-state index contributed by atoms with van der Waals surface area (Å²) in [6.07, 6.45) is 0.822. The summed E-state index contributed by atoms with van der Waals surface area (Å²) in [4.78, 5) is 0. The quantitative estimate of drug-likeness (QED) is 0.904. The van der Waals surface area contributed by atoms with E-state index in [9.17, 15) is 8.42 Å². The maximum atomic E-state index is 12.2. The van der Waals surface area contributed by atoms with Gasteiger partial charge >= 0.3 is 0 Å². The molecule has 0 aromatic carbocycles. The van der Waals surface area contributed by atoms with Gasteiger partial charge in [0, 0.05) is 23.0 Å². The van der Waals surface area contributed by atoms with E-state index in [4.69, 9.17) is 4.74 Å². The van der Waals surface area contributed by atoms with Crippen LogP contribution in [0, 0.1) is 5.41 Å². The summed E-state index contributed by atoms with van der Waals surface area (Å²) in [5.74, 6) is 0. The second-order valence-electron chi connectivity index (χ2n) is 5.01. The van der Waals surface area contributed by atoms with E-state index in [-0.39, 0.29) is 17.6 Å². The average Bonchev–Trinajstić information content (AvgIpc) is 2.71. The Kier molecular flexibility index (Phi) is 3.91. The smallest absolute Gasteiger partial charge is 0.251 e. The molecule has 1 aliphatic rings. The molecule has 102 valence electrons. The molecule has 2 atom stereocenters. The van der Waals surface area contributed by atoms with Crippen molar-refractivity contribution in [2.24, 2.45) is 5.41 Å². The molecule has 1 N–H and O–H groups in total. The van der Waals surface area contributed by atoms with Crippen LogP contribution in [0.2, 0.25) is 0 Å². The minimum absolute atomic E-state index is 0.0820. The van der Waals surface area contributed by atoms with Gasteiger partial charge in [0.2, 0.25) is 0 Å². The van der Waals surface area contributed by atoms with Crippen LogP contribution in [0.15, 0.2) is 20.1 Å². The van der Waals surface area contributed by atoms with Gasteiger partial charge in [-0.3, -0.25) is 0 Å². The van der Waals surface area contributed by atoms with Gasteiger partial charge in [-0.1, -0.05) is 13.8 Å². The summed E-state index contributed by atoms with van der Waals surface area (Å²) in [6.45, 7) is 4.03. The molecule has 0 bridgehead atoms. The Labute approximate surface area is 120 Å². The maximum absolute atomic E-state index is 12.2. The number of hydrogen-bond acceptors (Lipinski definition) is 4. The Hall–Kier alpha value is 0.0500. The maximum Gasteiger partial charge on any atom is 0.251 e. The van der Waals surface area contributed by atoms with Crippen LogP contribution in [0.4, 0.5) is 0 Å². The van der Waals surface area contributed by atoms with E-state index >= 15 is 0 Å².